The van der Waals surface area contributed by atoms with E-state index in [9.17, 15) is 22.0 Å². The van der Waals surface area contributed by atoms with Gasteiger partial charge in [-0.1, -0.05) is 29.8 Å². The average Bonchev–Trinajstić information content (AvgIpc) is 2.58. The number of carbonyl (C=O) groups is 1. The number of hydrogen-bond donors (Lipinski definition) is 1. The van der Waals surface area contributed by atoms with Gasteiger partial charge in [0.15, 0.2) is 11.6 Å². The zero-order valence-electron chi connectivity index (χ0n) is 13.9. The van der Waals surface area contributed by atoms with Gasteiger partial charge in [-0.05, 0) is 29.8 Å². The number of nitrogens with one attached hydrogen (secondary N) is 1. The van der Waals surface area contributed by atoms with Crippen LogP contribution in [0.25, 0.3) is 0 Å². The number of hydrogen-bond acceptors (Lipinski definition) is 3. The van der Waals surface area contributed by atoms with E-state index in [0.29, 0.717) is 5.56 Å². The van der Waals surface area contributed by atoms with E-state index in [-0.39, 0.29) is 35.3 Å². The summed E-state index contributed by atoms with van der Waals surface area (Å²) in [4.78, 5) is 13.3. The van der Waals surface area contributed by atoms with Crippen LogP contribution in [-0.2, 0) is 21.4 Å². The van der Waals surface area contributed by atoms with E-state index in [2.05, 4.69) is 4.72 Å². The van der Waals surface area contributed by atoms with Crippen LogP contribution < -0.4 is 4.72 Å². The molecule has 0 saturated carbocycles. The highest BCUT2D eigenvalue weighted by Crippen LogP contribution is 2.20. The Balaban J connectivity index is 1.89. The van der Waals surface area contributed by atoms with Crippen LogP contribution in [-0.4, -0.2) is 32.8 Å². The van der Waals surface area contributed by atoms with Crippen molar-refractivity contribution in [3.63, 3.8) is 0 Å². The first kappa shape index (κ1) is 20.3. The highest BCUT2D eigenvalue weighted by atomic mass is 35.5. The predicted octanol–water partition coefficient (Wildman–Crippen LogP) is 2.95. The Morgan fingerprint density at radius 3 is 2.50 bits per heavy atom. The van der Waals surface area contributed by atoms with Gasteiger partial charge in [0, 0.05) is 26.6 Å². The zero-order valence-corrected chi connectivity index (χ0v) is 15.4. The zero-order chi connectivity index (χ0) is 19.3. The maximum Gasteiger partial charge on any atom is 0.242 e. The molecule has 0 unspecified atom stereocenters. The fourth-order valence-electron chi connectivity index (χ4n) is 2.22. The minimum absolute atomic E-state index is 0.0655. The predicted molar refractivity (Wildman–Crippen MR) is 94.1 cm³/mol. The van der Waals surface area contributed by atoms with Gasteiger partial charge in [-0.2, -0.15) is 0 Å². The number of nitrogens with zero attached hydrogens (tertiary/aromatic N) is 1. The second kappa shape index (κ2) is 8.57. The molecule has 2 aromatic rings. The van der Waals surface area contributed by atoms with Gasteiger partial charge < -0.3 is 4.90 Å². The van der Waals surface area contributed by atoms with E-state index >= 15 is 0 Å². The summed E-state index contributed by atoms with van der Waals surface area (Å²) in [6, 6.07) is 9.35. The van der Waals surface area contributed by atoms with Crippen LogP contribution in [0.2, 0.25) is 5.02 Å². The van der Waals surface area contributed by atoms with Crippen molar-refractivity contribution in [2.45, 2.75) is 17.9 Å². The second-order valence-electron chi connectivity index (χ2n) is 5.58. The molecule has 0 saturated heterocycles. The van der Waals surface area contributed by atoms with Crippen molar-refractivity contribution in [1.29, 1.82) is 0 Å². The van der Waals surface area contributed by atoms with E-state index in [1.54, 1.807) is 12.1 Å². The standard InChI is InChI=1S/C17H17ClF2N2O3S/c1-22(11-12-6-7-14(19)15(20)10-12)17(23)8-9-21-26(24,25)16-5-3-2-4-13(16)18/h2-7,10,21H,8-9,11H2,1H3. The summed E-state index contributed by atoms with van der Waals surface area (Å²) >= 11 is 5.86. The third-order valence-electron chi connectivity index (χ3n) is 3.59. The van der Waals surface area contributed by atoms with E-state index in [4.69, 9.17) is 11.6 Å². The molecule has 5 nitrogen and oxygen atoms in total. The molecule has 2 rings (SSSR count). The van der Waals surface area contributed by atoms with Crippen molar-refractivity contribution in [2.24, 2.45) is 0 Å². The van der Waals surface area contributed by atoms with Crippen molar-refractivity contribution < 1.29 is 22.0 Å². The van der Waals surface area contributed by atoms with Crippen molar-refractivity contribution >= 4 is 27.5 Å². The molecule has 0 aromatic heterocycles. The fraction of sp³-hybridized carbons (Fsp3) is 0.235. The van der Waals surface area contributed by atoms with E-state index in [0.717, 1.165) is 12.1 Å². The molecule has 1 amide bonds. The van der Waals surface area contributed by atoms with Crippen LogP contribution >= 0.6 is 11.6 Å². The maximum absolute atomic E-state index is 13.2. The third-order valence-corrected chi connectivity index (χ3v) is 5.55. The molecule has 1 N–H and O–H groups in total. The van der Waals surface area contributed by atoms with Crippen molar-refractivity contribution in [2.75, 3.05) is 13.6 Å². The quantitative estimate of drug-likeness (QED) is 0.774. The smallest absolute Gasteiger partial charge is 0.242 e. The van der Waals surface area contributed by atoms with Crippen molar-refractivity contribution in [1.82, 2.24) is 9.62 Å². The van der Waals surface area contributed by atoms with Crippen LogP contribution in [0.1, 0.15) is 12.0 Å². The molecular weight excluding hydrogens is 386 g/mol. The summed E-state index contributed by atoms with van der Waals surface area (Å²) in [7, 11) is -2.33. The largest absolute Gasteiger partial charge is 0.341 e. The molecule has 0 radical (unpaired) electrons. The minimum Gasteiger partial charge on any atom is -0.341 e. The molecular formula is C17H17ClF2N2O3S. The summed E-state index contributed by atoms with van der Waals surface area (Å²) in [5.41, 5.74) is 0.427. The van der Waals surface area contributed by atoms with Crippen molar-refractivity contribution in [3.8, 4) is 0 Å². The number of benzene rings is 2. The molecule has 0 atom stereocenters. The lowest BCUT2D eigenvalue weighted by Gasteiger charge is -2.17. The van der Waals surface area contributed by atoms with Crippen LogP contribution in [0.3, 0.4) is 0 Å². The Bertz CT molecular complexity index is 907. The van der Waals surface area contributed by atoms with Crippen LogP contribution in [0, 0.1) is 11.6 Å². The van der Waals surface area contributed by atoms with Gasteiger partial charge >= 0.3 is 0 Å². The second-order valence-corrected chi connectivity index (χ2v) is 7.72. The lowest BCUT2D eigenvalue weighted by atomic mass is 10.2. The summed E-state index contributed by atoms with van der Waals surface area (Å²) in [5.74, 6) is -2.30. The average molecular weight is 403 g/mol. The number of amides is 1. The van der Waals surface area contributed by atoms with E-state index < -0.39 is 21.7 Å². The summed E-state index contributed by atoms with van der Waals surface area (Å²) in [5, 5.41) is 0.0850. The number of carbonyl (C=O) groups excluding carboxylic acids is 1. The molecule has 26 heavy (non-hydrogen) atoms. The summed E-state index contributed by atoms with van der Waals surface area (Å²) < 4.78 is 52.8. The van der Waals surface area contributed by atoms with Crippen LogP contribution in [0.5, 0.6) is 0 Å². The van der Waals surface area contributed by atoms with Crippen LogP contribution in [0.15, 0.2) is 47.4 Å². The van der Waals surface area contributed by atoms with Gasteiger partial charge in [0.25, 0.3) is 0 Å². The topological polar surface area (TPSA) is 66.5 Å². The number of rotatable bonds is 7. The Kier molecular flexibility index (Phi) is 6.69. The molecule has 0 aliphatic carbocycles. The lowest BCUT2D eigenvalue weighted by Crippen LogP contribution is -2.32. The first-order valence-corrected chi connectivity index (χ1v) is 9.49. The van der Waals surface area contributed by atoms with Gasteiger partial charge in [-0.15, -0.1) is 0 Å². The molecule has 0 heterocycles. The third kappa shape index (κ3) is 5.23. The number of halogens is 3. The van der Waals surface area contributed by atoms with Gasteiger partial charge in [0.1, 0.15) is 4.90 Å². The lowest BCUT2D eigenvalue weighted by molar-refractivity contribution is -0.130. The molecule has 0 bridgehead atoms. The molecule has 0 fully saturated rings. The number of sulfonamides is 1. The molecule has 9 heteroatoms. The molecule has 140 valence electrons. The fourth-order valence-corrected chi connectivity index (χ4v) is 3.77. The molecule has 2 aromatic carbocycles. The molecule has 0 aliphatic rings. The first-order chi connectivity index (χ1) is 12.2. The Hall–Kier alpha value is -2.03. The molecule has 0 spiro atoms. The molecule has 0 aliphatic heterocycles. The summed E-state index contributed by atoms with van der Waals surface area (Å²) in [6.45, 7) is -0.0399. The van der Waals surface area contributed by atoms with E-state index in [1.165, 1.54) is 30.1 Å². The monoisotopic (exact) mass is 402 g/mol. The van der Waals surface area contributed by atoms with Gasteiger partial charge in [-0.25, -0.2) is 21.9 Å². The highest BCUT2D eigenvalue weighted by molar-refractivity contribution is 7.89. The normalized spacial score (nSPS) is 11.4. The SMILES string of the molecule is CN(Cc1ccc(F)c(F)c1)C(=O)CCNS(=O)(=O)c1ccccc1Cl. The van der Waals surface area contributed by atoms with Crippen molar-refractivity contribution in [3.05, 3.63) is 64.7 Å². The van der Waals surface area contributed by atoms with Gasteiger partial charge in [0.05, 0.1) is 5.02 Å². The summed E-state index contributed by atoms with van der Waals surface area (Å²) in [6.07, 6.45) is -0.0934. The van der Waals surface area contributed by atoms with Crippen LogP contribution in [0.4, 0.5) is 8.78 Å². The Morgan fingerprint density at radius 2 is 1.85 bits per heavy atom. The minimum atomic E-state index is -3.83. The van der Waals surface area contributed by atoms with E-state index in [1.807, 2.05) is 0 Å². The Morgan fingerprint density at radius 1 is 1.15 bits per heavy atom. The van der Waals surface area contributed by atoms with Gasteiger partial charge in [0.2, 0.25) is 15.9 Å². The first-order valence-electron chi connectivity index (χ1n) is 7.63. The van der Waals surface area contributed by atoms with Gasteiger partial charge in [-0.3, -0.25) is 4.79 Å². The Labute approximate surface area is 155 Å². The highest BCUT2D eigenvalue weighted by Gasteiger charge is 2.18. The maximum atomic E-state index is 13.2.